The van der Waals surface area contributed by atoms with E-state index < -0.39 is 0 Å². The minimum absolute atomic E-state index is 0.478. The van der Waals surface area contributed by atoms with Gasteiger partial charge in [-0.3, -0.25) is 0 Å². The van der Waals surface area contributed by atoms with Gasteiger partial charge in [0.2, 0.25) is 0 Å². The summed E-state index contributed by atoms with van der Waals surface area (Å²) in [5.74, 6) is 0.478. The zero-order chi connectivity index (χ0) is 12.9. The summed E-state index contributed by atoms with van der Waals surface area (Å²) in [6.07, 6.45) is 0. The fourth-order valence-electron chi connectivity index (χ4n) is 2.92. The Hall–Kier alpha value is -1.76. The normalized spacial score (nSPS) is 17.3. The van der Waals surface area contributed by atoms with Crippen molar-refractivity contribution >= 4 is 11.4 Å². The predicted molar refractivity (Wildman–Crippen MR) is 77.9 cm³/mol. The first kappa shape index (κ1) is 11.3. The fourth-order valence-corrected chi connectivity index (χ4v) is 2.92. The maximum atomic E-state index is 2.35. The molecule has 0 saturated heterocycles. The van der Waals surface area contributed by atoms with Crippen LogP contribution in [0.1, 0.15) is 35.1 Å². The standard InChI is InChI=1S/C17H19N/c1-11-9-15-13(3)14-7-5-6-8-16(14)18(4)17(15)10-12(11)2/h5-10,13H,1-4H3. The van der Waals surface area contributed by atoms with Crippen molar-refractivity contribution in [2.24, 2.45) is 0 Å². The molecule has 1 heterocycles. The molecule has 18 heavy (non-hydrogen) atoms. The number of hydrogen-bond acceptors (Lipinski definition) is 1. The first-order valence-corrected chi connectivity index (χ1v) is 6.53. The highest BCUT2D eigenvalue weighted by atomic mass is 15.1. The van der Waals surface area contributed by atoms with Crippen LogP contribution in [-0.2, 0) is 0 Å². The lowest BCUT2D eigenvalue weighted by atomic mass is 9.85. The Balaban J connectivity index is 2.27. The highest BCUT2D eigenvalue weighted by molar-refractivity contribution is 5.76. The molecule has 1 heteroatoms. The summed E-state index contributed by atoms with van der Waals surface area (Å²) >= 11 is 0. The van der Waals surface area contributed by atoms with Gasteiger partial charge in [0.1, 0.15) is 0 Å². The first-order valence-electron chi connectivity index (χ1n) is 6.53. The van der Waals surface area contributed by atoms with E-state index in [1.807, 2.05) is 0 Å². The number of aryl methyl sites for hydroxylation is 2. The third kappa shape index (κ3) is 1.47. The van der Waals surface area contributed by atoms with E-state index in [-0.39, 0.29) is 0 Å². The van der Waals surface area contributed by atoms with E-state index in [4.69, 9.17) is 0 Å². The lowest BCUT2D eigenvalue weighted by Gasteiger charge is -2.34. The Bertz CT molecular complexity index is 559. The van der Waals surface area contributed by atoms with E-state index in [0.717, 1.165) is 0 Å². The predicted octanol–water partition coefficient (Wildman–Crippen LogP) is 4.54. The molecule has 1 atom stereocenters. The van der Waals surface area contributed by atoms with Crippen LogP contribution in [0.5, 0.6) is 0 Å². The molecule has 0 aliphatic carbocycles. The largest absolute Gasteiger partial charge is 0.344 e. The summed E-state index contributed by atoms with van der Waals surface area (Å²) in [5, 5.41) is 0. The minimum atomic E-state index is 0.478. The van der Waals surface area contributed by atoms with E-state index in [1.165, 1.54) is 33.6 Å². The molecule has 0 fully saturated rings. The summed E-state index contributed by atoms with van der Waals surface area (Å²) in [7, 11) is 2.16. The van der Waals surface area contributed by atoms with Crippen LogP contribution in [0, 0.1) is 13.8 Å². The van der Waals surface area contributed by atoms with Crippen LogP contribution in [0.3, 0.4) is 0 Å². The Kier molecular flexibility index (Phi) is 2.44. The van der Waals surface area contributed by atoms with E-state index >= 15 is 0 Å². The zero-order valence-corrected chi connectivity index (χ0v) is 11.5. The summed E-state index contributed by atoms with van der Waals surface area (Å²) < 4.78 is 0. The first-order chi connectivity index (χ1) is 8.59. The third-order valence-electron chi connectivity index (χ3n) is 4.24. The summed E-state index contributed by atoms with van der Waals surface area (Å²) in [6, 6.07) is 13.4. The Morgan fingerprint density at radius 2 is 1.56 bits per heavy atom. The van der Waals surface area contributed by atoms with Gasteiger partial charge < -0.3 is 4.90 Å². The topological polar surface area (TPSA) is 3.24 Å². The maximum Gasteiger partial charge on any atom is 0.0449 e. The second-order valence-electron chi connectivity index (χ2n) is 5.33. The smallest absolute Gasteiger partial charge is 0.0449 e. The van der Waals surface area contributed by atoms with Crippen molar-refractivity contribution in [3.05, 3.63) is 58.7 Å². The molecule has 1 aliphatic rings. The molecule has 0 aromatic heterocycles. The number of nitrogens with zero attached hydrogens (tertiary/aromatic N) is 1. The van der Waals surface area contributed by atoms with Crippen molar-refractivity contribution < 1.29 is 0 Å². The van der Waals surface area contributed by atoms with Gasteiger partial charge in [0, 0.05) is 24.3 Å². The van der Waals surface area contributed by atoms with Crippen LogP contribution < -0.4 is 4.90 Å². The molecule has 2 aromatic rings. The van der Waals surface area contributed by atoms with Crippen molar-refractivity contribution in [1.29, 1.82) is 0 Å². The molecule has 0 spiro atoms. The van der Waals surface area contributed by atoms with Gasteiger partial charge in [0.05, 0.1) is 0 Å². The van der Waals surface area contributed by atoms with E-state index in [2.05, 4.69) is 69.1 Å². The number of rotatable bonds is 0. The Morgan fingerprint density at radius 1 is 0.889 bits per heavy atom. The molecule has 2 aromatic carbocycles. The van der Waals surface area contributed by atoms with E-state index in [1.54, 1.807) is 0 Å². The van der Waals surface area contributed by atoms with Gasteiger partial charge in [0.15, 0.2) is 0 Å². The van der Waals surface area contributed by atoms with Gasteiger partial charge >= 0.3 is 0 Å². The van der Waals surface area contributed by atoms with Crippen LogP contribution in [0.15, 0.2) is 36.4 Å². The number of para-hydroxylation sites is 1. The summed E-state index contributed by atoms with van der Waals surface area (Å²) in [5.41, 5.74) is 8.31. The molecule has 1 unspecified atom stereocenters. The monoisotopic (exact) mass is 237 g/mol. The molecule has 0 saturated carbocycles. The highest BCUT2D eigenvalue weighted by Crippen LogP contribution is 2.44. The fraction of sp³-hybridized carbons (Fsp3) is 0.294. The molecule has 0 amide bonds. The number of benzene rings is 2. The lowest BCUT2D eigenvalue weighted by molar-refractivity contribution is 0.878. The van der Waals surface area contributed by atoms with Crippen LogP contribution in [0.2, 0.25) is 0 Å². The SMILES string of the molecule is Cc1cc2c(cc1C)N(C)c1ccccc1C2C. The number of hydrogen-bond donors (Lipinski definition) is 0. The molecule has 1 aliphatic heterocycles. The average Bonchev–Trinajstić information content (AvgIpc) is 2.38. The average molecular weight is 237 g/mol. The minimum Gasteiger partial charge on any atom is -0.344 e. The second kappa shape index (κ2) is 3.88. The summed E-state index contributed by atoms with van der Waals surface area (Å²) in [4.78, 5) is 2.32. The van der Waals surface area contributed by atoms with Gasteiger partial charge in [-0.15, -0.1) is 0 Å². The molecule has 92 valence electrons. The van der Waals surface area contributed by atoms with Crippen molar-refractivity contribution in [3.63, 3.8) is 0 Å². The van der Waals surface area contributed by atoms with Crippen molar-refractivity contribution in [1.82, 2.24) is 0 Å². The van der Waals surface area contributed by atoms with Crippen LogP contribution in [0.4, 0.5) is 11.4 Å². The number of anilines is 2. The van der Waals surface area contributed by atoms with Crippen molar-refractivity contribution in [2.45, 2.75) is 26.7 Å². The van der Waals surface area contributed by atoms with Gasteiger partial charge in [-0.1, -0.05) is 31.2 Å². The molecule has 0 radical (unpaired) electrons. The second-order valence-corrected chi connectivity index (χ2v) is 5.33. The molecular weight excluding hydrogens is 218 g/mol. The Morgan fingerprint density at radius 3 is 2.33 bits per heavy atom. The van der Waals surface area contributed by atoms with Gasteiger partial charge in [-0.05, 0) is 48.2 Å². The quantitative estimate of drug-likeness (QED) is 0.650. The molecule has 0 N–H and O–H groups in total. The molecule has 0 bridgehead atoms. The maximum absolute atomic E-state index is 2.35. The van der Waals surface area contributed by atoms with Gasteiger partial charge in [0.25, 0.3) is 0 Å². The number of fused-ring (bicyclic) bond motifs is 2. The third-order valence-corrected chi connectivity index (χ3v) is 4.24. The molecule has 3 rings (SSSR count). The van der Waals surface area contributed by atoms with Gasteiger partial charge in [-0.2, -0.15) is 0 Å². The molecule has 1 nitrogen and oxygen atoms in total. The van der Waals surface area contributed by atoms with Gasteiger partial charge in [-0.25, -0.2) is 0 Å². The van der Waals surface area contributed by atoms with Crippen molar-refractivity contribution in [2.75, 3.05) is 11.9 Å². The van der Waals surface area contributed by atoms with Crippen LogP contribution >= 0.6 is 0 Å². The highest BCUT2D eigenvalue weighted by Gasteiger charge is 2.25. The van der Waals surface area contributed by atoms with Crippen molar-refractivity contribution in [3.8, 4) is 0 Å². The van der Waals surface area contributed by atoms with Crippen LogP contribution in [-0.4, -0.2) is 7.05 Å². The van der Waals surface area contributed by atoms with E-state index in [9.17, 15) is 0 Å². The lowest BCUT2D eigenvalue weighted by Crippen LogP contribution is -2.20. The summed E-state index contributed by atoms with van der Waals surface area (Å²) in [6.45, 7) is 6.69. The van der Waals surface area contributed by atoms with Crippen LogP contribution in [0.25, 0.3) is 0 Å². The zero-order valence-electron chi connectivity index (χ0n) is 11.5. The van der Waals surface area contributed by atoms with E-state index in [0.29, 0.717) is 5.92 Å². The Labute approximate surface area is 109 Å². The molecular formula is C17H19N.